The molecule has 0 unspecified atom stereocenters. The Balaban J connectivity index is 1.56. The van der Waals surface area contributed by atoms with Crippen molar-refractivity contribution in [3.05, 3.63) is 35.1 Å². The Kier molecular flexibility index (Phi) is 4.81. The zero-order chi connectivity index (χ0) is 17.3. The third-order valence-electron chi connectivity index (χ3n) is 4.88. The fraction of sp³-hybridized carbons (Fsp3) is 0.632. The van der Waals surface area contributed by atoms with Crippen molar-refractivity contribution in [3.63, 3.8) is 0 Å². The highest BCUT2D eigenvalue weighted by atomic mass is 19.1. The number of rotatable bonds is 1. The van der Waals surface area contributed by atoms with E-state index in [1.807, 2.05) is 26.8 Å². The van der Waals surface area contributed by atoms with Crippen LogP contribution < -0.4 is 0 Å². The first kappa shape index (κ1) is 17.2. The van der Waals surface area contributed by atoms with E-state index in [2.05, 4.69) is 4.90 Å². The summed E-state index contributed by atoms with van der Waals surface area (Å²) in [7, 11) is 0. The van der Waals surface area contributed by atoms with Crippen LogP contribution in [0, 0.1) is 5.82 Å². The van der Waals surface area contributed by atoms with Gasteiger partial charge in [-0.15, -0.1) is 0 Å². The Bertz CT molecular complexity index is 604. The number of nitrogens with zero attached hydrogens (tertiary/aromatic N) is 2. The first-order valence-corrected chi connectivity index (χ1v) is 8.82. The molecule has 2 aliphatic heterocycles. The Morgan fingerprint density at radius 1 is 1.21 bits per heavy atom. The van der Waals surface area contributed by atoms with E-state index >= 15 is 0 Å². The molecule has 0 radical (unpaired) electrons. The van der Waals surface area contributed by atoms with Crippen LogP contribution in [0.4, 0.5) is 9.18 Å². The van der Waals surface area contributed by atoms with Crippen LogP contribution >= 0.6 is 0 Å². The maximum atomic E-state index is 14.0. The van der Waals surface area contributed by atoms with Gasteiger partial charge in [-0.2, -0.15) is 0 Å². The van der Waals surface area contributed by atoms with E-state index in [1.165, 1.54) is 0 Å². The minimum absolute atomic E-state index is 0.0941. The highest BCUT2D eigenvalue weighted by molar-refractivity contribution is 5.68. The number of benzene rings is 1. The second-order valence-electron chi connectivity index (χ2n) is 7.80. The van der Waals surface area contributed by atoms with Crippen LogP contribution in [0.3, 0.4) is 0 Å². The zero-order valence-corrected chi connectivity index (χ0v) is 14.8. The van der Waals surface area contributed by atoms with E-state index in [4.69, 9.17) is 4.74 Å². The van der Waals surface area contributed by atoms with Crippen molar-refractivity contribution in [1.82, 2.24) is 9.80 Å². The van der Waals surface area contributed by atoms with Gasteiger partial charge in [0.1, 0.15) is 11.4 Å². The number of carbonyl (C=O) groups is 1. The zero-order valence-electron chi connectivity index (χ0n) is 14.8. The van der Waals surface area contributed by atoms with Crippen LogP contribution in [0.15, 0.2) is 18.2 Å². The van der Waals surface area contributed by atoms with E-state index in [-0.39, 0.29) is 11.9 Å². The predicted octanol–water partition coefficient (Wildman–Crippen LogP) is 3.58. The predicted molar refractivity (Wildman–Crippen MR) is 91.3 cm³/mol. The summed E-state index contributed by atoms with van der Waals surface area (Å²) in [5, 5.41) is 0. The van der Waals surface area contributed by atoms with Crippen LogP contribution in [-0.4, -0.2) is 47.2 Å². The van der Waals surface area contributed by atoms with E-state index in [0.717, 1.165) is 36.9 Å². The van der Waals surface area contributed by atoms with Gasteiger partial charge in [-0.25, -0.2) is 9.18 Å². The quantitative estimate of drug-likeness (QED) is 0.787. The number of fused-ring (bicyclic) bond motifs is 1. The Morgan fingerprint density at radius 3 is 2.58 bits per heavy atom. The Morgan fingerprint density at radius 2 is 1.92 bits per heavy atom. The van der Waals surface area contributed by atoms with Crippen molar-refractivity contribution < 1.29 is 13.9 Å². The molecule has 0 bridgehead atoms. The molecule has 0 atom stereocenters. The van der Waals surface area contributed by atoms with Gasteiger partial charge in [0.25, 0.3) is 0 Å². The van der Waals surface area contributed by atoms with Gasteiger partial charge in [0.05, 0.1) is 0 Å². The van der Waals surface area contributed by atoms with Crippen LogP contribution in [0.2, 0.25) is 0 Å². The summed E-state index contributed by atoms with van der Waals surface area (Å²) in [5.41, 5.74) is 1.53. The molecule has 1 fully saturated rings. The molecule has 0 aliphatic carbocycles. The van der Waals surface area contributed by atoms with Gasteiger partial charge in [0.15, 0.2) is 0 Å². The summed E-state index contributed by atoms with van der Waals surface area (Å²) < 4.78 is 19.5. The average molecular weight is 334 g/mol. The van der Waals surface area contributed by atoms with Gasteiger partial charge in [0.2, 0.25) is 0 Å². The number of ether oxygens (including phenoxy) is 1. The molecule has 0 aromatic heterocycles. The SMILES string of the molecule is CC(C)(C)OC(=O)N1CCC(N2CCc3cccc(F)c3C2)CC1. The smallest absolute Gasteiger partial charge is 0.410 e. The first-order valence-electron chi connectivity index (χ1n) is 8.82. The third kappa shape index (κ3) is 3.89. The van der Waals surface area contributed by atoms with Gasteiger partial charge < -0.3 is 9.64 Å². The highest BCUT2D eigenvalue weighted by Gasteiger charge is 2.31. The lowest BCUT2D eigenvalue weighted by molar-refractivity contribution is 0.0133. The van der Waals surface area contributed by atoms with Crippen molar-refractivity contribution in [1.29, 1.82) is 0 Å². The maximum absolute atomic E-state index is 14.0. The number of carbonyl (C=O) groups excluding carboxylic acids is 1. The van der Waals surface area contributed by atoms with Crippen molar-refractivity contribution in [2.24, 2.45) is 0 Å². The van der Waals surface area contributed by atoms with Crippen LogP contribution in [-0.2, 0) is 17.7 Å². The fourth-order valence-electron chi connectivity index (χ4n) is 3.61. The van der Waals surface area contributed by atoms with Crippen molar-refractivity contribution in [2.45, 2.75) is 58.2 Å². The minimum atomic E-state index is -0.456. The molecule has 4 nitrogen and oxygen atoms in total. The second-order valence-corrected chi connectivity index (χ2v) is 7.80. The number of amides is 1. The number of hydrogen-bond donors (Lipinski definition) is 0. The van der Waals surface area contributed by atoms with E-state index < -0.39 is 5.60 Å². The lowest BCUT2D eigenvalue weighted by Gasteiger charge is -2.40. The summed E-state index contributed by atoms with van der Waals surface area (Å²) in [4.78, 5) is 16.3. The largest absolute Gasteiger partial charge is 0.444 e. The van der Waals surface area contributed by atoms with E-state index in [9.17, 15) is 9.18 Å². The van der Waals surface area contributed by atoms with Gasteiger partial charge in [-0.1, -0.05) is 12.1 Å². The molecule has 0 saturated carbocycles. The minimum Gasteiger partial charge on any atom is -0.444 e. The number of hydrogen-bond acceptors (Lipinski definition) is 3. The van der Waals surface area contributed by atoms with E-state index in [0.29, 0.717) is 25.7 Å². The van der Waals surface area contributed by atoms with Crippen LogP contribution in [0.5, 0.6) is 0 Å². The molecule has 24 heavy (non-hydrogen) atoms. The monoisotopic (exact) mass is 334 g/mol. The van der Waals surface area contributed by atoms with Gasteiger partial charge in [-0.05, 0) is 51.7 Å². The number of piperidine rings is 1. The fourth-order valence-corrected chi connectivity index (χ4v) is 3.61. The van der Waals surface area contributed by atoms with Gasteiger partial charge >= 0.3 is 6.09 Å². The lowest BCUT2D eigenvalue weighted by Crippen LogP contribution is -2.49. The van der Waals surface area contributed by atoms with Crippen molar-refractivity contribution in [3.8, 4) is 0 Å². The molecule has 2 heterocycles. The third-order valence-corrected chi connectivity index (χ3v) is 4.88. The molecule has 2 aliphatic rings. The van der Waals surface area contributed by atoms with Gasteiger partial charge in [0, 0.05) is 37.8 Å². The highest BCUT2D eigenvalue weighted by Crippen LogP contribution is 2.27. The summed E-state index contributed by atoms with van der Waals surface area (Å²) >= 11 is 0. The summed E-state index contributed by atoms with van der Waals surface area (Å²) in [6.45, 7) is 8.72. The van der Waals surface area contributed by atoms with Crippen LogP contribution in [0.25, 0.3) is 0 Å². The average Bonchev–Trinajstić information content (AvgIpc) is 2.53. The van der Waals surface area contributed by atoms with E-state index in [1.54, 1.807) is 17.0 Å². The van der Waals surface area contributed by atoms with Crippen molar-refractivity contribution in [2.75, 3.05) is 19.6 Å². The van der Waals surface area contributed by atoms with Crippen LogP contribution in [0.1, 0.15) is 44.7 Å². The molecular weight excluding hydrogens is 307 g/mol. The topological polar surface area (TPSA) is 32.8 Å². The molecule has 3 rings (SSSR count). The molecule has 1 aromatic rings. The lowest BCUT2D eigenvalue weighted by atomic mass is 9.95. The molecule has 0 spiro atoms. The maximum Gasteiger partial charge on any atom is 0.410 e. The summed E-state index contributed by atoms with van der Waals surface area (Å²) in [6, 6.07) is 5.79. The molecule has 1 amide bonds. The summed E-state index contributed by atoms with van der Waals surface area (Å²) in [6.07, 6.45) is 2.52. The number of halogens is 1. The molecule has 0 N–H and O–H groups in total. The van der Waals surface area contributed by atoms with Gasteiger partial charge in [-0.3, -0.25) is 4.90 Å². The molecule has 5 heteroatoms. The second kappa shape index (κ2) is 6.71. The Labute approximate surface area is 143 Å². The standard InChI is InChI=1S/C19H27FN2O2/c1-19(2,3)24-18(23)21-11-8-15(9-12-21)22-10-7-14-5-4-6-17(20)16(14)13-22/h4-6,15H,7-13H2,1-3H3. The molecule has 1 aromatic carbocycles. The molecule has 1 saturated heterocycles. The number of likely N-dealkylation sites (tertiary alicyclic amines) is 1. The summed E-state index contributed by atoms with van der Waals surface area (Å²) in [5.74, 6) is -0.0941. The molecular formula is C19H27FN2O2. The Hall–Kier alpha value is -1.62. The first-order chi connectivity index (χ1) is 11.3. The normalized spacial score (nSPS) is 19.9. The molecule has 132 valence electrons. The van der Waals surface area contributed by atoms with Crippen molar-refractivity contribution >= 4 is 6.09 Å².